The van der Waals surface area contributed by atoms with Crippen molar-refractivity contribution in [2.24, 2.45) is 0 Å². The molecule has 0 aliphatic carbocycles. The van der Waals surface area contributed by atoms with Crippen LogP contribution in [0.1, 0.15) is 0 Å². The number of rotatable bonds is 6. The summed E-state index contributed by atoms with van der Waals surface area (Å²) < 4.78 is 27.4. The predicted molar refractivity (Wildman–Crippen MR) is 136 cm³/mol. The Labute approximate surface area is 235 Å². The van der Waals surface area contributed by atoms with Crippen LogP contribution in [-0.4, -0.2) is 120 Å². The molecule has 2 aromatic carbocycles. The molecule has 0 bridgehead atoms. The first-order valence-corrected chi connectivity index (χ1v) is 12.6. The Morgan fingerprint density at radius 2 is 1.45 bits per heavy atom. The van der Waals surface area contributed by atoms with E-state index in [0.717, 1.165) is 30.3 Å². The van der Waals surface area contributed by atoms with Crippen LogP contribution in [-0.2, 0) is 9.47 Å². The number of ether oxygens (including phenoxy) is 4. The molecule has 0 spiro atoms. The fourth-order valence-electron chi connectivity index (χ4n) is 4.60. The van der Waals surface area contributed by atoms with Gasteiger partial charge in [0.25, 0.3) is 0 Å². The number of aliphatic hydroxyl groups excluding tert-OH is 7. The van der Waals surface area contributed by atoms with Gasteiger partial charge in [0, 0.05) is 24.3 Å². The lowest BCUT2D eigenvalue weighted by atomic mass is 9.99. The second-order valence-electron chi connectivity index (χ2n) is 9.81. The zero-order chi connectivity index (χ0) is 30.5. The first-order chi connectivity index (χ1) is 19.9. The SMILES string of the molecule is O=c1cc(-c2cc(O)c(O)cc2O[C@@H]2OC[C@@H](O)[C@H](O)[C@H]2O)oc2cc(O[C@@H]3O[C@H](CO)[C@@H](O)[C@H](O)[C@H]3O)cc(O)c12. The Morgan fingerprint density at radius 1 is 0.762 bits per heavy atom. The van der Waals surface area contributed by atoms with Crippen molar-refractivity contribution >= 4 is 11.0 Å². The number of fused-ring (bicyclic) bond motifs is 1. The van der Waals surface area contributed by atoms with Gasteiger partial charge in [-0.15, -0.1) is 0 Å². The minimum absolute atomic E-state index is 0.138. The van der Waals surface area contributed by atoms with Gasteiger partial charge in [-0.05, 0) is 6.07 Å². The number of phenols is 3. The van der Waals surface area contributed by atoms with Crippen LogP contribution < -0.4 is 14.9 Å². The van der Waals surface area contributed by atoms with E-state index in [1.807, 2.05) is 0 Å². The minimum atomic E-state index is -1.77. The van der Waals surface area contributed by atoms with E-state index in [9.17, 15) is 55.9 Å². The third kappa shape index (κ3) is 5.42. The predicted octanol–water partition coefficient (Wildman–Crippen LogP) is -2.43. The summed E-state index contributed by atoms with van der Waals surface area (Å²) in [6.45, 7) is -1.11. The third-order valence-corrected chi connectivity index (χ3v) is 6.92. The van der Waals surface area contributed by atoms with Gasteiger partial charge in [-0.3, -0.25) is 4.79 Å². The quantitative estimate of drug-likeness (QED) is 0.133. The van der Waals surface area contributed by atoms with Crippen molar-refractivity contribution in [2.45, 2.75) is 55.3 Å². The summed E-state index contributed by atoms with van der Waals surface area (Å²) in [7, 11) is 0. The van der Waals surface area contributed by atoms with Crippen LogP contribution in [0.4, 0.5) is 0 Å². The van der Waals surface area contributed by atoms with Gasteiger partial charge in [-0.2, -0.15) is 0 Å². The standard InChI is InChI=1S/C26H28O16/c27-6-18-21(34)22(35)24(37)26(42-18)39-8-1-12(30)19-13(31)5-15(40-17(19)2-8)9-3-10(28)11(29)4-16(9)41-25-23(36)20(33)14(32)7-38-25/h1-5,14,18,20-30,32-37H,6-7H2/t14-,18-,20+,21-,22+,23-,24-,25+,26-/m1/s1. The highest BCUT2D eigenvalue weighted by atomic mass is 16.7. The van der Waals surface area contributed by atoms with E-state index in [4.69, 9.17) is 23.4 Å². The number of phenolic OH excluding ortho intramolecular Hbond substituents is 3. The van der Waals surface area contributed by atoms with Gasteiger partial charge in [0.15, 0.2) is 16.9 Å². The number of benzene rings is 2. The molecule has 16 heteroatoms. The van der Waals surface area contributed by atoms with E-state index in [0.29, 0.717) is 0 Å². The van der Waals surface area contributed by atoms with Gasteiger partial charge in [0.1, 0.15) is 76.7 Å². The molecule has 10 N–H and O–H groups in total. The van der Waals surface area contributed by atoms with E-state index in [-0.39, 0.29) is 33.8 Å². The molecule has 2 saturated heterocycles. The average Bonchev–Trinajstić information content (AvgIpc) is 2.94. The van der Waals surface area contributed by atoms with Gasteiger partial charge < -0.3 is 74.4 Å². The Bertz CT molecular complexity index is 1500. The molecule has 0 radical (unpaired) electrons. The molecule has 2 aliphatic heterocycles. The lowest BCUT2D eigenvalue weighted by Gasteiger charge is -2.39. The van der Waals surface area contributed by atoms with Gasteiger partial charge in [0.05, 0.1) is 18.8 Å². The highest BCUT2D eigenvalue weighted by molar-refractivity contribution is 5.86. The smallest absolute Gasteiger partial charge is 0.229 e. The lowest BCUT2D eigenvalue weighted by Crippen LogP contribution is -2.60. The molecule has 42 heavy (non-hydrogen) atoms. The number of aliphatic hydroxyl groups is 7. The van der Waals surface area contributed by atoms with E-state index in [1.165, 1.54) is 0 Å². The zero-order valence-electron chi connectivity index (χ0n) is 21.4. The van der Waals surface area contributed by atoms with Gasteiger partial charge in [-0.25, -0.2) is 0 Å². The van der Waals surface area contributed by atoms with Crippen molar-refractivity contribution in [1.82, 2.24) is 0 Å². The second-order valence-corrected chi connectivity index (χ2v) is 9.81. The summed E-state index contributed by atoms with van der Waals surface area (Å²) in [5.74, 6) is -2.69. The molecule has 0 saturated carbocycles. The average molecular weight is 596 g/mol. The van der Waals surface area contributed by atoms with Crippen molar-refractivity contribution in [3.8, 4) is 40.1 Å². The lowest BCUT2D eigenvalue weighted by molar-refractivity contribution is -0.277. The molecule has 0 amide bonds. The fourth-order valence-corrected chi connectivity index (χ4v) is 4.60. The summed E-state index contributed by atoms with van der Waals surface area (Å²) in [5, 5.41) is 100. The molecule has 0 unspecified atom stereocenters. The summed E-state index contributed by atoms with van der Waals surface area (Å²) >= 11 is 0. The molecule has 2 fully saturated rings. The maximum atomic E-state index is 13.0. The van der Waals surface area contributed by atoms with Crippen LogP contribution in [0.15, 0.2) is 39.5 Å². The van der Waals surface area contributed by atoms with Gasteiger partial charge in [-0.1, -0.05) is 0 Å². The number of aromatic hydroxyl groups is 3. The van der Waals surface area contributed by atoms with Crippen molar-refractivity contribution in [3.05, 3.63) is 40.6 Å². The zero-order valence-corrected chi connectivity index (χ0v) is 21.4. The van der Waals surface area contributed by atoms with Gasteiger partial charge >= 0.3 is 0 Å². The molecule has 5 rings (SSSR count). The minimum Gasteiger partial charge on any atom is -0.507 e. The maximum Gasteiger partial charge on any atom is 0.229 e. The van der Waals surface area contributed by atoms with Crippen LogP contribution in [0.3, 0.4) is 0 Å². The van der Waals surface area contributed by atoms with Crippen molar-refractivity contribution in [2.75, 3.05) is 13.2 Å². The molecule has 9 atom stereocenters. The first-order valence-electron chi connectivity index (χ1n) is 12.6. The van der Waals surface area contributed by atoms with Crippen LogP contribution in [0.25, 0.3) is 22.3 Å². The highest BCUT2D eigenvalue weighted by Crippen LogP contribution is 2.41. The second kappa shape index (κ2) is 11.5. The van der Waals surface area contributed by atoms with Crippen LogP contribution >= 0.6 is 0 Å². The summed E-state index contributed by atoms with van der Waals surface area (Å²) in [4.78, 5) is 13.0. The van der Waals surface area contributed by atoms with Crippen molar-refractivity contribution in [3.63, 3.8) is 0 Å². The maximum absolute atomic E-state index is 13.0. The molecule has 3 heterocycles. The Balaban J connectivity index is 1.52. The molecular weight excluding hydrogens is 568 g/mol. The van der Waals surface area contributed by atoms with E-state index in [2.05, 4.69) is 0 Å². The van der Waals surface area contributed by atoms with Crippen LogP contribution in [0, 0.1) is 0 Å². The Morgan fingerprint density at radius 3 is 2.17 bits per heavy atom. The van der Waals surface area contributed by atoms with Crippen molar-refractivity contribution < 1.29 is 74.4 Å². The number of hydrogen-bond acceptors (Lipinski definition) is 16. The molecular formula is C26H28O16. The van der Waals surface area contributed by atoms with Crippen molar-refractivity contribution in [1.29, 1.82) is 0 Å². The fraction of sp³-hybridized carbons (Fsp3) is 0.423. The van der Waals surface area contributed by atoms with Crippen LogP contribution in [0.5, 0.6) is 28.7 Å². The van der Waals surface area contributed by atoms with E-state index < -0.39 is 91.2 Å². The first kappa shape index (κ1) is 29.8. The highest BCUT2D eigenvalue weighted by Gasteiger charge is 2.45. The third-order valence-electron chi connectivity index (χ3n) is 6.92. The Hall–Kier alpha value is -3.71. The summed E-state index contributed by atoms with van der Waals surface area (Å²) in [6, 6.07) is 4.98. The normalized spacial score (nSPS) is 31.6. The summed E-state index contributed by atoms with van der Waals surface area (Å²) in [6.07, 6.45) is -14.3. The topological polar surface area (TPSA) is 269 Å². The van der Waals surface area contributed by atoms with Crippen LogP contribution in [0.2, 0.25) is 0 Å². The monoisotopic (exact) mass is 596 g/mol. The molecule has 2 aliphatic rings. The molecule has 16 nitrogen and oxygen atoms in total. The van der Waals surface area contributed by atoms with Gasteiger partial charge in [0.2, 0.25) is 12.6 Å². The van der Waals surface area contributed by atoms with E-state index >= 15 is 0 Å². The molecule has 228 valence electrons. The summed E-state index contributed by atoms with van der Waals surface area (Å²) in [5.41, 5.74) is -1.18. The van der Waals surface area contributed by atoms with E-state index in [1.54, 1.807) is 0 Å². The molecule has 1 aromatic heterocycles. The largest absolute Gasteiger partial charge is 0.507 e. The molecule has 3 aromatic rings. The Kier molecular flexibility index (Phi) is 8.17. The number of hydrogen-bond donors (Lipinski definition) is 10.